The van der Waals surface area contributed by atoms with Crippen molar-refractivity contribution in [2.45, 2.75) is 18.8 Å². The Morgan fingerprint density at radius 2 is 2.29 bits per heavy atom. The minimum Gasteiger partial charge on any atom is -0.361 e. The highest BCUT2D eigenvalue weighted by Gasteiger charge is 2.58. The highest BCUT2D eigenvalue weighted by molar-refractivity contribution is 5.87. The number of fused-ring (bicyclic) bond motifs is 2. The molecule has 1 aromatic carbocycles. The van der Waals surface area contributed by atoms with Crippen molar-refractivity contribution in [1.29, 1.82) is 0 Å². The van der Waals surface area contributed by atoms with Crippen LogP contribution >= 0.6 is 0 Å². The Morgan fingerprint density at radius 3 is 3.00 bits per heavy atom. The van der Waals surface area contributed by atoms with Gasteiger partial charge in [0.2, 0.25) is 0 Å². The molecule has 1 saturated heterocycles. The highest BCUT2D eigenvalue weighted by Crippen LogP contribution is 2.57. The topological polar surface area (TPSA) is 27.8 Å². The lowest BCUT2D eigenvalue weighted by atomic mass is 9.94. The van der Waals surface area contributed by atoms with Crippen molar-refractivity contribution in [3.63, 3.8) is 0 Å². The molecule has 2 nitrogen and oxygen atoms in total. The minimum absolute atomic E-state index is 0.125. The molecule has 1 aliphatic carbocycles. The Morgan fingerprint density at radius 1 is 1.41 bits per heavy atom. The van der Waals surface area contributed by atoms with Gasteiger partial charge in [-0.25, -0.2) is 4.39 Å². The molecule has 0 amide bonds. The van der Waals surface area contributed by atoms with Crippen molar-refractivity contribution in [2.24, 2.45) is 5.92 Å². The van der Waals surface area contributed by atoms with E-state index in [4.69, 9.17) is 0 Å². The van der Waals surface area contributed by atoms with E-state index < -0.39 is 0 Å². The van der Waals surface area contributed by atoms with Crippen LogP contribution in [0, 0.1) is 18.7 Å². The summed E-state index contributed by atoms with van der Waals surface area (Å²) < 4.78 is 13.5. The van der Waals surface area contributed by atoms with Crippen LogP contribution in [0.25, 0.3) is 10.9 Å². The summed E-state index contributed by atoms with van der Waals surface area (Å²) >= 11 is 0. The molecule has 0 radical (unpaired) electrons. The number of aromatic nitrogens is 1. The second kappa shape index (κ2) is 2.91. The number of H-pyrrole nitrogens is 1. The van der Waals surface area contributed by atoms with Crippen molar-refractivity contribution < 1.29 is 4.39 Å². The van der Waals surface area contributed by atoms with Crippen molar-refractivity contribution in [2.75, 3.05) is 13.1 Å². The van der Waals surface area contributed by atoms with Crippen molar-refractivity contribution in [3.05, 3.63) is 35.3 Å². The lowest BCUT2D eigenvalue weighted by Gasteiger charge is -2.10. The van der Waals surface area contributed by atoms with Crippen LogP contribution in [0.1, 0.15) is 17.5 Å². The molecule has 88 valence electrons. The van der Waals surface area contributed by atoms with Crippen LogP contribution < -0.4 is 5.32 Å². The van der Waals surface area contributed by atoms with Crippen LogP contribution in [0.5, 0.6) is 0 Å². The van der Waals surface area contributed by atoms with Crippen LogP contribution in [-0.4, -0.2) is 18.1 Å². The Labute approximate surface area is 99.2 Å². The zero-order valence-corrected chi connectivity index (χ0v) is 9.81. The van der Waals surface area contributed by atoms with Crippen LogP contribution in [-0.2, 0) is 5.41 Å². The summed E-state index contributed by atoms with van der Waals surface area (Å²) in [5, 5.41) is 4.66. The number of rotatable bonds is 1. The predicted octanol–water partition coefficient (Wildman–Crippen LogP) is 2.48. The molecule has 2 aliphatic rings. The predicted molar refractivity (Wildman–Crippen MR) is 65.6 cm³/mol. The summed E-state index contributed by atoms with van der Waals surface area (Å²) in [5.41, 5.74) is 3.41. The monoisotopic (exact) mass is 230 g/mol. The molecule has 1 aliphatic heterocycles. The quantitative estimate of drug-likeness (QED) is 0.774. The number of aromatic amines is 1. The summed E-state index contributed by atoms with van der Waals surface area (Å²) in [6.07, 6.45) is 3.37. The third-order valence-electron chi connectivity index (χ3n) is 4.65. The molecule has 17 heavy (non-hydrogen) atoms. The summed E-state index contributed by atoms with van der Waals surface area (Å²) in [5.74, 6) is 0.659. The van der Waals surface area contributed by atoms with Gasteiger partial charge in [-0.3, -0.25) is 0 Å². The van der Waals surface area contributed by atoms with Crippen LogP contribution in [0.2, 0.25) is 0 Å². The Kier molecular flexibility index (Phi) is 1.65. The molecule has 2 unspecified atom stereocenters. The number of piperidine rings is 1. The number of hydrogen-bond donors (Lipinski definition) is 2. The minimum atomic E-state index is -0.125. The Hall–Kier alpha value is -1.35. The molecule has 2 aromatic rings. The van der Waals surface area contributed by atoms with E-state index in [-0.39, 0.29) is 5.82 Å². The maximum atomic E-state index is 13.5. The van der Waals surface area contributed by atoms with Gasteiger partial charge in [-0.15, -0.1) is 0 Å². The van der Waals surface area contributed by atoms with Crippen molar-refractivity contribution in [3.8, 4) is 0 Å². The average Bonchev–Trinajstić information content (AvgIpc) is 2.75. The van der Waals surface area contributed by atoms with Crippen LogP contribution in [0.15, 0.2) is 18.3 Å². The van der Waals surface area contributed by atoms with Gasteiger partial charge in [-0.1, -0.05) is 0 Å². The molecule has 4 rings (SSSR count). The van der Waals surface area contributed by atoms with E-state index in [0.29, 0.717) is 5.41 Å². The van der Waals surface area contributed by atoms with Crippen LogP contribution in [0.3, 0.4) is 0 Å². The zero-order valence-electron chi connectivity index (χ0n) is 9.81. The highest BCUT2D eigenvalue weighted by atomic mass is 19.1. The van der Waals surface area contributed by atoms with E-state index in [9.17, 15) is 4.39 Å². The molecular weight excluding hydrogens is 215 g/mol. The van der Waals surface area contributed by atoms with E-state index in [1.54, 1.807) is 6.07 Å². The first-order valence-electron chi connectivity index (χ1n) is 6.20. The fraction of sp³-hybridized carbons (Fsp3) is 0.429. The zero-order chi connectivity index (χ0) is 11.6. The summed E-state index contributed by atoms with van der Waals surface area (Å²) in [6.45, 7) is 4.04. The maximum absolute atomic E-state index is 13.5. The molecule has 1 aromatic heterocycles. The van der Waals surface area contributed by atoms with Gasteiger partial charge in [0.15, 0.2) is 0 Å². The SMILES string of the molecule is Cc1c(F)ccc2c(C34CNCC3C4)c[nH]c12. The first-order valence-corrected chi connectivity index (χ1v) is 6.20. The van der Waals surface area contributed by atoms with Gasteiger partial charge >= 0.3 is 0 Å². The van der Waals surface area contributed by atoms with E-state index in [1.165, 1.54) is 17.4 Å². The maximum Gasteiger partial charge on any atom is 0.128 e. The number of nitrogens with one attached hydrogen (secondary N) is 2. The third-order valence-corrected chi connectivity index (χ3v) is 4.65. The first-order chi connectivity index (χ1) is 8.22. The normalized spacial score (nSPS) is 30.8. The van der Waals surface area contributed by atoms with Gasteiger partial charge in [0.05, 0.1) is 5.52 Å². The molecule has 3 heteroatoms. The number of aryl methyl sites for hydroxylation is 1. The largest absolute Gasteiger partial charge is 0.361 e. The smallest absolute Gasteiger partial charge is 0.128 e. The second-order valence-corrected chi connectivity index (χ2v) is 5.49. The fourth-order valence-corrected chi connectivity index (χ4v) is 3.49. The Balaban J connectivity index is 1.96. The van der Waals surface area contributed by atoms with E-state index in [1.807, 2.05) is 13.0 Å². The van der Waals surface area contributed by atoms with Gasteiger partial charge in [-0.05, 0) is 43.5 Å². The summed E-state index contributed by atoms with van der Waals surface area (Å²) in [7, 11) is 0. The molecule has 2 N–H and O–H groups in total. The molecule has 1 saturated carbocycles. The average molecular weight is 230 g/mol. The molecule has 2 fully saturated rings. The third kappa shape index (κ3) is 1.08. The van der Waals surface area contributed by atoms with Gasteiger partial charge < -0.3 is 10.3 Å². The lowest BCUT2D eigenvalue weighted by Crippen LogP contribution is -2.18. The van der Waals surface area contributed by atoms with Gasteiger partial charge in [-0.2, -0.15) is 0 Å². The van der Waals surface area contributed by atoms with Gasteiger partial charge in [0, 0.05) is 29.1 Å². The number of halogens is 1. The molecule has 2 atom stereocenters. The Bertz CT molecular complexity index is 616. The standard InChI is InChI=1S/C14H15FN2/c1-8-12(15)3-2-10-11(6-17-13(8)10)14-4-9(14)5-16-7-14/h2-3,6,9,16-17H,4-5,7H2,1H3. The molecule has 0 bridgehead atoms. The van der Waals surface area contributed by atoms with E-state index in [0.717, 1.165) is 30.1 Å². The van der Waals surface area contributed by atoms with Gasteiger partial charge in [0.25, 0.3) is 0 Å². The molecule has 2 heterocycles. The molecule has 0 spiro atoms. The summed E-state index contributed by atoms with van der Waals surface area (Å²) in [4.78, 5) is 3.26. The number of hydrogen-bond acceptors (Lipinski definition) is 1. The first kappa shape index (κ1) is 9.66. The fourth-order valence-electron chi connectivity index (χ4n) is 3.49. The van der Waals surface area contributed by atoms with Crippen molar-refractivity contribution in [1.82, 2.24) is 10.3 Å². The van der Waals surface area contributed by atoms with E-state index in [2.05, 4.69) is 16.5 Å². The second-order valence-electron chi connectivity index (χ2n) is 5.49. The van der Waals surface area contributed by atoms with Crippen molar-refractivity contribution >= 4 is 10.9 Å². The summed E-state index contributed by atoms with van der Waals surface area (Å²) in [6, 6.07) is 3.51. The van der Waals surface area contributed by atoms with Gasteiger partial charge in [0.1, 0.15) is 5.82 Å². The molecular formula is C14H15FN2. The van der Waals surface area contributed by atoms with E-state index >= 15 is 0 Å². The lowest BCUT2D eigenvalue weighted by molar-refractivity contribution is 0.620. The van der Waals surface area contributed by atoms with Crippen LogP contribution in [0.4, 0.5) is 4.39 Å². The number of benzene rings is 1.